The van der Waals surface area contributed by atoms with E-state index in [0.29, 0.717) is 29.5 Å². The second kappa shape index (κ2) is 12.9. The summed E-state index contributed by atoms with van der Waals surface area (Å²) >= 11 is 0. The van der Waals surface area contributed by atoms with Crippen LogP contribution < -0.4 is 16.4 Å². The highest BCUT2D eigenvalue weighted by molar-refractivity contribution is 5.84. The van der Waals surface area contributed by atoms with Gasteiger partial charge in [-0.1, -0.05) is 60.7 Å². The van der Waals surface area contributed by atoms with E-state index in [-0.39, 0.29) is 24.5 Å². The van der Waals surface area contributed by atoms with Crippen LogP contribution in [0.3, 0.4) is 0 Å². The van der Waals surface area contributed by atoms with Crippen molar-refractivity contribution >= 4 is 22.9 Å². The van der Waals surface area contributed by atoms with Gasteiger partial charge in [-0.2, -0.15) is 25.0 Å². The quantitative estimate of drug-likeness (QED) is 0.157. The maximum absolute atomic E-state index is 11.1. The van der Waals surface area contributed by atoms with Crippen LogP contribution in [0.5, 0.6) is 0 Å². The zero-order valence-corrected chi connectivity index (χ0v) is 24.8. The molecule has 2 aromatic carbocycles. The van der Waals surface area contributed by atoms with Gasteiger partial charge in [0.2, 0.25) is 5.95 Å². The smallest absolute Gasteiger partial charge is 0.227 e. The van der Waals surface area contributed by atoms with Crippen molar-refractivity contribution in [3.8, 4) is 0 Å². The number of aliphatic hydroxyl groups excluding tert-OH is 2. The summed E-state index contributed by atoms with van der Waals surface area (Å²) in [5, 5.41) is 37.2. The average Bonchev–Trinajstić information content (AvgIpc) is 3.80. The Hall–Kier alpha value is -4.43. The summed E-state index contributed by atoms with van der Waals surface area (Å²) in [6.45, 7) is 0.748. The Morgan fingerprint density at radius 3 is 2.22 bits per heavy atom. The first-order valence-electron chi connectivity index (χ1n) is 15.5. The fraction of sp³-hybridized carbons (Fsp3) is 0.406. The number of ether oxygens (including phenoxy) is 1. The average molecular weight is 611 g/mol. The molecule has 6 N–H and O–H groups in total. The van der Waals surface area contributed by atoms with Gasteiger partial charge >= 0.3 is 0 Å². The van der Waals surface area contributed by atoms with Crippen LogP contribution >= 0.6 is 0 Å². The van der Waals surface area contributed by atoms with Gasteiger partial charge in [0.25, 0.3) is 0 Å². The van der Waals surface area contributed by atoms with Gasteiger partial charge < -0.3 is 31.3 Å². The standard InChI is InChI=1S/C32H38N10O3/c33-22-11-13-23(14-12-22)38-32-39-29(34-17-24(20-7-3-1-4-8-20)21-9-5-2-6-10-21)26-30(40-32)41(19-35-26)31-28(44)27(43)25(45-31)18-42-36-15-16-37-42/h1-10,15-16,19,22-25,27-28,31,43-44H,11-14,17-18,33H2,(H2,34,38,39,40)/t22?,23?,25-,27-,28?,31-/m1/s1. The number of nitrogens with two attached hydrogens (primary N) is 1. The van der Waals surface area contributed by atoms with Crippen LogP contribution in [0.15, 0.2) is 79.4 Å². The van der Waals surface area contributed by atoms with E-state index >= 15 is 0 Å². The molecule has 0 radical (unpaired) electrons. The minimum atomic E-state index is -1.22. The Morgan fingerprint density at radius 2 is 1.56 bits per heavy atom. The monoisotopic (exact) mass is 610 g/mol. The number of aliphatic hydroxyl groups is 2. The molecule has 13 nitrogen and oxygen atoms in total. The number of benzene rings is 2. The summed E-state index contributed by atoms with van der Waals surface area (Å²) in [4.78, 5) is 15.9. The molecular weight excluding hydrogens is 572 g/mol. The Morgan fingerprint density at radius 1 is 0.889 bits per heavy atom. The number of hydrogen-bond acceptors (Lipinski definition) is 11. The van der Waals surface area contributed by atoms with Gasteiger partial charge in [0.05, 0.1) is 25.3 Å². The van der Waals surface area contributed by atoms with E-state index in [4.69, 9.17) is 20.4 Å². The van der Waals surface area contributed by atoms with Crippen LogP contribution in [0.4, 0.5) is 11.8 Å². The highest BCUT2D eigenvalue weighted by Crippen LogP contribution is 2.34. The Bertz CT molecular complexity index is 1640. The van der Waals surface area contributed by atoms with E-state index in [1.807, 2.05) is 36.4 Å². The van der Waals surface area contributed by atoms with Crippen LogP contribution in [0.25, 0.3) is 11.2 Å². The molecule has 13 heteroatoms. The van der Waals surface area contributed by atoms with Crippen molar-refractivity contribution in [1.82, 2.24) is 34.5 Å². The highest BCUT2D eigenvalue weighted by atomic mass is 16.6. The third-order valence-corrected chi connectivity index (χ3v) is 8.83. The molecule has 0 bridgehead atoms. The van der Waals surface area contributed by atoms with Gasteiger partial charge in [-0.05, 0) is 36.8 Å². The van der Waals surface area contributed by atoms with Gasteiger partial charge in [-0.25, -0.2) is 4.98 Å². The normalized spacial score (nSPS) is 25.2. The SMILES string of the molecule is NC1CCC(Nc2nc(NCC(c3ccccc3)c3ccccc3)c3ncn([C@@H]4O[C@H](Cn5nccn5)[C@@H](O)C4O)c3n2)CC1. The lowest BCUT2D eigenvalue weighted by atomic mass is 9.91. The summed E-state index contributed by atoms with van der Waals surface area (Å²) in [6, 6.07) is 21.1. The maximum atomic E-state index is 11.1. The molecule has 3 aromatic heterocycles. The number of rotatable bonds is 10. The third-order valence-electron chi connectivity index (χ3n) is 8.83. The van der Waals surface area contributed by atoms with E-state index < -0.39 is 24.5 Å². The molecule has 1 unspecified atom stereocenters. The largest absolute Gasteiger partial charge is 0.387 e. The van der Waals surface area contributed by atoms with Crippen molar-refractivity contribution in [1.29, 1.82) is 0 Å². The fourth-order valence-corrected chi connectivity index (χ4v) is 6.34. The summed E-state index contributed by atoms with van der Waals surface area (Å²) in [7, 11) is 0. The zero-order chi connectivity index (χ0) is 30.8. The van der Waals surface area contributed by atoms with Crippen LogP contribution in [-0.4, -0.2) is 81.7 Å². The predicted molar refractivity (Wildman–Crippen MR) is 168 cm³/mol. The Labute approximate surface area is 260 Å². The lowest BCUT2D eigenvalue weighted by molar-refractivity contribution is -0.0413. The molecule has 0 spiro atoms. The van der Waals surface area contributed by atoms with Crippen molar-refractivity contribution in [2.45, 2.75) is 74.8 Å². The molecule has 2 fully saturated rings. The van der Waals surface area contributed by atoms with E-state index in [0.717, 1.165) is 25.7 Å². The van der Waals surface area contributed by atoms with Crippen molar-refractivity contribution in [2.75, 3.05) is 17.2 Å². The summed E-state index contributed by atoms with van der Waals surface area (Å²) in [6.07, 6.45) is 4.39. The van der Waals surface area contributed by atoms with E-state index in [1.54, 1.807) is 23.3 Å². The molecule has 1 aliphatic heterocycles. The van der Waals surface area contributed by atoms with Crippen molar-refractivity contribution < 1.29 is 14.9 Å². The van der Waals surface area contributed by atoms with E-state index in [2.05, 4.69) is 50.1 Å². The summed E-state index contributed by atoms with van der Waals surface area (Å²) < 4.78 is 7.84. The van der Waals surface area contributed by atoms with Gasteiger partial charge in [0.1, 0.15) is 18.3 Å². The number of anilines is 2. The molecule has 234 valence electrons. The first kappa shape index (κ1) is 29.3. The first-order chi connectivity index (χ1) is 22.0. The second-order valence-corrected chi connectivity index (χ2v) is 11.9. The second-order valence-electron chi connectivity index (χ2n) is 11.9. The molecule has 1 aliphatic carbocycles. The molecule has 0 amide bonds. The molecule has 4 atom stereocenters. The van der Waals surface area contributed by atoms with Crippen molar-refractivity contribution in [2.24, 2.45) is 5.73 Å². The molecule has 1 saturated heterocycles. The van der Waals surface area contributed by atoms with E-state index in [9.17, 15) is 10.2 Å². The fourth-order valence-electron chi connectivity index (χ4n) is 6.34. The molecular formula is C32H38N10O3. The first-order valence-corrected chi connectivity index (χ1v) is 15.5. The zero-order valence-electron chi connectivity index (χ0n) is 24.8. The number of nitrogens with one attached hydrogen (secondary N) is 2. The summed E-state index contributed by atoms with van der Waals surface area (Å²) in [5.74, 6) is 1.08. The summed E-state index contributed by atoms with van der Waals surface area (Å²) in [5.41, 5.74) is 9.53. The van der Waals surface area contributed by atoms with Crippen LogP contribution in [0.1, 0.15) is 49.0 Å². The van der Waals surface area contributed by atoms with E-state index in [1.165, 1.54) is 15.9 Å². The number of imidazole rings is 1. The van der Waals surface area contributed by atoms with Crippen LogP contribution in [0, 0.1) is 0 Å². The maximum Gasteiger partial charge on any atom is 0.227 e. The molecule has 45 heavy (non-hydrogen) atoms. The lowest BCUT2D eigenvalue weighted by Crippen LogP contribution is -2.34. The topological polar surface area (TPSA) is 174 Å². The van der Waals surface area contributed by atoms with Crippen LogP contribution in [-0.2, 0) is 11.3 Å². The third kappa shape index (κ3) is 6.25. The predicted octanol–water partition coefficient (Wildman–Crippen LogP) is 2.66. The minimum absolute atomic E-state index is 0.0579. The number of nitrogens with zero attached hydrogens (tertiary/aromatic N) is 7. The number of hydrogen-bond donors (Lipinski definition) is 5. The van der Waals surface area contributed by atoms with Crippen LogP contribution in [0.2, 0.25) is 0 Å². The Balaban J connectivity index is 1.21. The van der Waals surface area contributed by atoms with Crippen molar-refractivity contribution in [3.05, 3.63) is 90.5 Å². The Kier molecular flexibility index (Phi) is 8.39. The minimum Gasteiger partial charge on any atom is -0.387 e. The molecule has 1 saturated carbocycles. The molecule has 2 aliphatic rings. The number of aromatic nitrogens is 7. The lowest BCUT2D eigenvalue weighted by Gasteiger charge is -2.27. The van der Waals surface area contributed by atoms with Gasteiger partial charge in [0.15, 0.2) is 23.2 Å². The highest BCUT2D eigenvalue weighted by Gasteiger charge is 2.45. The van der Waals surface area contributed by atoms with Gasteiger partial charge in [0, 0.05) is 24.5 Å². The molecule has 5 aromatic rings. The molecule has 7 rings (SSSR count). The number of fused-ring (bicyclic) bond motifs is 1. The van der Waals surface area contributed by atoms with Gasteiger partial charge in [-0.15, -0.1) is 0 Å². The molecule has 4 heterocycles. The van der Waals surface area contributed by atoms with Gasteiger partial charge in [-0.3, -0.25) is 4.57 Å². The van der Waals surface area contributed by atoms with Crippen molar-refractivity contribution in [3.63, 3.8) is 0 Å².